The predicted octanol–water partition coefficient (Wildman–Crippen LogP) is 5.27. The van der Waals surface area contributed by atoms with Gasteiger partial charge in [-0.2, -0.15) is 0 Å². The fourth-order valence-electron chi connectivity index (χ4n) is 7.86. The Balaban J connectivity index is 1.14. The minimum atomic E-state index is -0.490. The number of rotatable bonds is 9. The molecule has 4 aromatic rings. The summed E-state index contributed by atoms with van der Waals surface area (Å²) in [6.45, 7) is 13.9. The lowest BCUT2D eigenvalue weighted by Crippen LogP contribution is -2.50. The van der Waals surface area contributed by atoms with E-state index in [9.17, 15) is 9.59 Å². The number of benzene rings is 1. The third-order valence-corrected chi connectivity index (χ3v) is 10.3. The normalized spacial score (nSPS) is 18.9. The molecule has 50 heavy (non-hydrogen) atoms. The molecule has 0 radical (unpaired) electrons. The van der Waals surface area contributed by atoms with Crippen molar-refractivity contribution in [1.82, 2.24) is 34.1 Å². The maximum Gasteiger partial charge on any atom is 0.410 e. The third kappa shape index (κ3) is 7.65. The molecule has 7 rings (SSSR count). The van der Waals surface area contributed by atoms with Crippen molar-refractivity contribution in [3.8, 4) is 0 Å². The Morgan fingerprint density at radius 1 is 0.920 bits per heavy atom. The van der Waals surface area contributed by atoms with Crippen LogP contribution < -0.4 is 0 Å². The highest BCUT2D eigenvalue weighted by Gasteiger charge is 2.30. The third-order valence-electron chi connectivity index (χ3n) is 10.3. The number of aryl methyl sites for hydroxylation is 1. The van der Waals surface area contributed by atoms with E-state index >= 15 is 0 Å². The first-order chi connectivity index (χ1) is 24.2. The fraction of sp³-hybridized carbons (Fsp3) is 0.538. The maximum atomic E-state index is 13.7. The van der Waals surface area contributed by atoms with E-state index in [0.717, 1.165) is 79.4 Å². The van der Waals surface area contributed by atoms with E-state index < -0.39 is 5.60 Å². The molecule has 0 N–H and O–H groups in total. The summed E-state index contributed by atoms with van der Waals surface area (Å²) in [6.07, 6.45) is 7.84. The molecule has 0 bridgehead atoms. The maximum absolute atomic E-state index is 13.7. The molecule has 3 aromatic heterocycles. The van der Waals surface area contributed by atoms with E-state index in [0.29, 0.717) is 45.9 Å². The first-order valence-corrected chi connectivity index (χ1v) is 18.3. The van der Waals surface area contributed by atoms with Crippen molar-refractivity contribution < 1.29 is 19.1 Å². The number of nitrogens with zero attached hydrogens (tertiary/aromatic N) is 7. The van der Waals surface area contributed by atoms with Gasteiger partial charge in [0.1, 0.15) is 12.1 Å². The van der Waals surface area contributed by atoms with Crippen molar-refractivity contribution in [1.29, 1.82) is 0 Å². The molecule has 1 aliphatic carbocycles. The smallest absolute Gasteiger partial charge is 0.410 e. The molecule has 1 unspecified atom stereocenters. The summed E-state index contributed by atoms with van der Waals surface area (Å²) in [5.74, 6) is 0.111. The number of aromatic nitrogens is 3. The minimum Gasteiger partial charge on any atom is -0.444 e. The van der Waals surface area contributed by atoms with Crippen molar-refractivity contribution in [2.24, 2.45) is 0 Å². The summed E-state index contributed by atoms with van der Waals surface area (Å²) in [5, 5.41) is 2.27. The Hall–Kier alpha value is -4.06. The Morgan fingerprint density at radius 2 is 1.72 bits per heavy atom. The number of piperazine rings is 1. The van der Waals surface area contributed by atoms with Crippen LogP contribution >= 0.6 is 0 Å². The van der Waals surface area contributed by atoms with Crippen LogP contribution in [0.2, 0.25) is 0 Å². The van der Waals surface area contributed by atoms with Crippen molar-refractivity contribution in [2.45, 2.75) is 71.2 Å². The van der Waals surface area contributed by atoms with Crippen LogP contribution in [-0.2, 0) is 33.8 Å². The Bertz CT molecular complexity index is 1800. The van der Waals surface area contributed by atoms with Crippen LogP contribution in [0.4, 0.5) is 4.79 Å². The molecule has 11 nitrogen and oxygen atoms in total. The van der Waals surface area contributed by atoms with Crippen molar-refractivity contribution in [2.75, 3.05) is 65.6 Å². The largest absolute Gasteiger partial charge is 0.444 e. The quantitative estimate of drug-likeness (QED) is 0.236. The van der Waals surface area contributed by atoms with Gasteiger partial charge < -0.3 is 23.8 Å². The number of para-hydroxylation sites is 1. The summed E-state index contributed by atoms with van der Waals surface area (Å²) in [4.78, 5) is 45.0. The lowest BCUT2D eigenvalue weighted by Gasteiger charge is -2.37. The van der Waals surface area contributed by atoms with Gasteiger partial charge in [-0.1, -0.05) is 24.3 Å². The van der Waals surface area contributed by atoms with Crippen LogP contribution in [0.15, 0.2) is 54.9 Å². The molecular formula is C39H51N7O4. The topological polar surface area (TPSA) is 96.3 Å². The second-order valence-corrected chi connectivity index (χ2v) is 14.8. The molecule has 11 heteroatoms. The van der Waals surface area contributed by atoms with Crippen molar-refractivity contribution in [3.63, 3.8) is 0 Å². The summed E-state index contributed by atoms with van der Waals surface area (Å²) in [6, 6.07) is 14.9. The predicted molar refractivity (Wildman–Crippen MR) is 194 cm³/mol. The molecule has 1 aromatic carbocycles. The highest BCUT2D eigenvalue weighted by atomic mass is 16.6. The van der Waals surface area contributed by atoms with Gasteiger partial charge in [0, 0.05) is 81.0 Å². The number of carbonyl (C=O) groups is 2. The molecule has 1 atom stereocenters. The Labute approximate surface area is 295 Å². The highest BCUT2D eigenvalue weighted by molar-refractivity contribution is 6.09. The van der Waals surface area contributed by atoms with Gasteiger partial charge in [-0.25, -0.2) is 4.79 Å². The molecule has 5 heterocycles. The number of hydrogen-bond donors (Lipinski definition) is 0. The van der Waals surface area contributed by atoms with Crippen LogP contribution in [0.1, 0.15) is 63.0 Å². The number of morpholine rings is 1. The van der Waals surface area contributed by atoms with E-state index in [1.165, 1.54) is 11.3 Å². The molecule has 266 valence electrons. The molecule has 0 spiro atoms. The van der Waals surface area contributed by atoms with Crippen molar-refractivity contribution >= 4 is 33.8 Å². The zero-order valence-corrected chi connectivity index (χ0v) is 29.9. The average molecular weight is 682 g/mol. The van der Waals surface area contributed by atoms with Crippen LogP contribution in [0.5, 0.6) is 0 Å². The van der Waals surface area contributed by atoms with Crippen molar-refractivity contribution in [3.05, 3.63) is 71.8 Å². The zero-order chi connectivity index (χ0) is 34.7. The monoisotopic (exact) mass is 681 g/mol. The van der Waals surface area contributed by atoms with E-state index in [1.54, 1.807) is 0 Å². The first-order valence-electron chi connectivity index (χ1n) is 18.3. The van der Waals surface area contributed by atoms with E-state index in [2.05, 4.69) is 50.8 Å². The van der Waals surface area contributed by atoms with Gasteiger partial charge in [-0.15, -0.1) is 0 Å². The molecule has 2 fully saturated rings. The lowest BCUT2D eigenvalue weighted by molar-refractivity contribution is -0.135. The second kappa shape index (κ2) is 15.0. The SMILES string of the molecule is CC(C)(C)OC(=O)N1CCN(CCCN(Cc2nccc3c4ccccc4n(CC(=O)N4CCOCC4)c23)C2CCCc3cccnc32)CC1. The van der Waals surface area contributed by atoms with Crippen LogP contribution in [0.3, 0.4) is 0 Å². The van der Waals surface area contributed by atoms with E-state index in [4.69, 9.17) is 19.4 Å². The summed E-state index contributed by atoms with van der Waals surface area (Å²) in [7, 11) is 0. The number of ether oxygens (including phenoxy) is 2. The number of carbonyl (C=O) groups excluding carboxylic acids is 2. The molecular weight excluding hydrogens is 630 g/mol. The van der Waals surface area contributed by atoms with Gasteiger partial charge in [-0.3, -0.25) is 24.6 Å². The van der Waals surface area contributed by atoms with Gasteiger partial charge >= 0.3 is 6.09 Å². The number of fused-ring (bicyclic) bond motifs is 4. The molecule has 2 amide bonds. The summed E-state index contributed by atoms with van der Waals surface area (Å²) in [5.41, 5.74) is 5.11. The highest BCUT2D eigenvalue weighted by Crippen LogP contribution is 2.36. The Morgan fingerprint density at radius 3 is 2.52 bits per heavy atom. The van der Waals surface area contributed by atoms with Gasteiger partial charge in [-0.05, 0) is 76.8 Å². The van der Waals surface area contributed by atoms with Crippen LogP contribution in [0, 0.1) is 0 Å². The Kier molecular flexibility index (Phi) is 10.3. The molecule has 2 aliphatic heterocycles. The van der Waals surface area contributed by atoms with Crippen LogP contribution in [0.25, 0.3) is 21.8 Å². The number of pyridine rings is 2. The second-order valence-electron chi connectivity index (χ2n) is 14.8. The summed E-state index contributed by atoms with van der Waals surface area (Å²) < 4.78 is 13.3. The minimum absolute atomic E-state index is 0.111. The average Bonchev–Trinajstić information content (AvgIpc) is 3.44. The zero-order valence-electron chi connectivity index (χ0n) is 29.9. The number of amides is 2. The van der Waals surface area contributed by atoms with Gasteiger partial charge in [0.25, 0.3) is 0 Å². The summed E-state index contributed by atoms with van der Waals surface area (Å²) >= 11 is 0. The standard InChI is InChI=1S/C39H51N7O4/c1-39(2,3)50-38(48)44-21-19-42(20-22-44)17-8-18-45(34-13-6-9-29-10-7-15-41-36(29)34)27-32-37-31(14-16-40-32)30-11-4-5-12-33(30)46(37)28-35(47)43-23-25-49-26-24-43/h4-5,7,10-12,14-16,34H,6,8-9,13,17-28H2,1-3H3. The molecule has 0 saturated carbocycles. The van der Waals surface area contributed by atoms with Crippen LogP contribution in [-0.4, -0.2) is 117 Å². The molecule has 3 aliphatic rings. The van der Waals surface area contributed by atoms with Gasteiger partial charge in [0.15, 0.2) is 0 Å². The van der Waals surface area contributed by atoms with Gasteiger partial charge in [0.05, 0.1) is 36.2 Å². The van der Waals surface area contributed by atoms with Gasteiger partial charge in [0.2, 0.25) is 5.91 Å². The number of hydrogen-bond acceptors (Lipinski definition) is 8. The molecule has 2 saturated heterocycles. The van der Waals surface area contributed by atoms with E-state index in [-0.39, 0.29) is 24.6 Å². The fourth-order valence-corrected chi connectivity index (χ4v) is 7.86. The first kappa shape index (κ1) is 34.4. The lowest BCUT2D eigenvalue weighted by atomic mass is 9.90. The van der Waals surface area contributed by atoms with E-state index in [1.807, 2.05) is 49.0 Å².